The minimum atomic E-state index is -3.59. The minimum Gasteiger partial charge on any atom is -0.497 e. The first-order valence-corrected chi connectivity index (χ1v) is 7.84. The maximum Gasteiger partial charge on any atom is 0.279 e. The third-order valence-electron chi connectivity index (χ3n) is 3.28. The summed E-state index contributed by atoms with van der Waals surface area (Å²) < 4.78 is 31.2. The van der Waals surface area contributed by atoms with E-state index in [1.165, 1.54) is 0 Å². The van der Waals surface area contributed by atoms with Crippen molar-refractivity contribution in [3.63, 3.8) is 0 Å². The van der Waals surface area contributed by atoms with Gasteiger partial charge in [0.15, 0.2) is 0 Å². The molecule has 0 bridgehead atoms. The summed E-state index contributed by atoms with van der Waals surface area (Å²) >= 11 is 0. The van der Waals surface area contributed by atoms with Crippen molar-refractivity contribution in [1.82, 2.24) is 4.41 Å². The highest BCUT2D eigenvalue weighted by atomic mass is 32.2. The number of hydrazone groups is 1. The van der Waals surface area contributed by atoms with Crippen LogP contribution in [0.4, 0.5) is 0 Å². The van der Waals surface area contributed by atoms with Gasteiger partial charge in [0.2, 0.25) is 0 Å². The fourth-order valence-corrected chi connectivity index (χ4v) is 3.52. The molecule has 0 spiro atoms. The van der Waals surface area contributed by atoms with Crippen molar-refractivity contribution in [2.24, 2.45) is 5.10 Å². The summed E-state index contributed by atoms with van der Waals surface area (Å²) in [6, 6.07) is 14.1. The Bertz CT molecular complexity index is 783. The van der Waals surface area contributed by atoms with E-state index >= 15 is 0 Å². The molecule has 0 fully saturated rings. The number of benzene rings is 2. The fraction of sp³-hybridized carbons (Fsp3) is 0.133. The van der Waals surface area contributed by atoms with Gasteiger partial charge in [0.1, 0.15) is 5.75 Å². The third-order valence-corrected chi connectivity index (χ3v) is 4.98. The van der Waals surface area contributed by atoms with E-state index < -0.39 is 10.0 Å². The second-order valence-corrected chi connectivity index (χ2v) is 6.43. The molecule has 0 aromatic heterocycles. The van der Waals surface area contributed by atoms with Crippen LogP contribution >= 0.6 is 0 Å². The van der Waals surface area contributed by atoms with Crippen LogP contribution in [0.3, 0.4) is 0 Å². The van der Waals surface area contributed by atoms with Crippen LogP contribution in [-0.4, -0.2) is 26.2 Å². The number of nitrogens with zero attached hydrogens (tertiary/aromatic N) is 2. The van der Waals surface area contributed by atoms with Crippen LogP contribution in [0, 0.1) is 0 Å². The molecule has 3 rings (SSSR count). The molecule has 0 saturated carbocycles. The molecule has 0 N–H and O–H groups in total. The Morgan fingerprint density at radius 1 is 1.10 bits per heavy atom. The topological polar surface area (TPSA) is 59.0 Å². The molecule has 21 heavy (non-hydrogen) atoms. The Morgan fingerprint density at radius 2 is 1.81 bits per heavy atom. The summed E-state index contributed by atoms with van der Waals surface area (Å²) in [6.45, 7) is 0.192. The van der Waals surface area contributed by atoms with Gasteiger partial charge in [-0.05, 0) is 23.8 Å². The van der Waals surface area contributed by atoms with Gasteiger partial charge in [-0.15, -0.1) is 0 Å². The average molecular weight is 302 g/mol. The zero-order valence-corrected chi connectivity index (χ0v) is 12.2. The lowest BCUT2D eigenvalue weighted by Crippen LogP contribution is -2.29. The molecule has 2 aromatic rings. The lowest BCUT2D eigenvalue weighted by Gasteiger charge is -2.23. The van der Waals surface area contributed by atoms with Gasteiger partial charge in [0.25, 0.3) is 10.0 Å². The minimum absolute atomic E-state index is 0.192. The molecule has 1 heterocycles. The summed E-state index contributed by atoms with van der Waals surface area (Å²) in [5.41, 5.74) is 1.46. The van der Waals surface area contributed by atoms with E-state index in [9.17, 15) is 8.42 Å². The molecule has 0 unspecified atom stereocenters. The van der Waals surface area contributed by atoms with Gasteiger partial charge in [-0.25, -0.2) is 0 Å². The van der Waals surface area contributed by atoms with Crippen molar-refractivity contribution in [3.8, 4) is 5.75 Å². The zero-order chi connectivity index (χ0) is 14.9. The summed E-state index contributed by atoms with van der Waals surface area (Å²) in [4.78, 5) is 0.286. The van der Waals surface area contributed by atoms with Gasteiger partial charge in [-0.3, -0.25) is 0 Å². The quantitative estimate of drug-likeness (QED) is 0.873. The zero-order valence-electron chi connectivity index (χ0n) is 11.4. The second-order valence-electron chi connectivity index (χ2n) is 4.62. The Hall–Kier alpha value is -2.34. The largest absolute Gasteiger partial charge is 0.497 e. The number of rotatable bonds is 3. The number of sulfonamides is 1. The van der Waals surface area contributed by atoms with Gasteiger partial charge in [0.05, 0.1) is 24.8 Å². The fourth-order valence-electron chi connectivity index (χ4n) is 2.14. The SMILES string of the molecule is COc1ccc(CN2N=Cc3ccccc3S2(=O)=O)cc1. The van der Waals surface area contributed by atoms with Gasteiger partial charge in [0, 0.05) is 5.56 Å². The molecule has 0 amide bonds. The molecule has 108 valence electrons. The van der Waals surface area contributed by atoms with Crippen LogP contribution in [0.15, 0.2) is 58.5 Å². The summed E-state index contributed by atoms with van der Waals surface area (Å²) in [6.07, 6.45) is 1.57. The average Bonchev–Trinajstić information content (AvgIpc) is 2.51. The second kappa shape index (κ2) is 5.21. The number of hydrogen-bond acceptors (Lipinski definition) is 4. The van der Waals surface area contributed by atoms with Crippen molar-refractivity contribution >= 4 is 16.2 Å². The summed E-state index contributed by atoms with van der Waals surface area (Å²) in [7, 11) is -2.00. The van der Waals surface area contributed by atoms with Crippen LogP contribution in [0.5, 0.6) is 5.75 Å². The van der Waals surface area contributed by atoms with E-state index in [4.69, 9.17) is 4.74 Å². The molecular formula is C15H14N2O3S. The predicted octanol–water partition coefficient (Wildman–Crippen LogP) is 2.23. The monoisotopic (exact) mass is 302 g/mol. The molecule has 5 nitrogen and oxygen atoms in total. The molecule has 2 aromatic carbocycles. The van der Waals surface area contributed by atoms with Crippen molar-refractivity contribution in [2.45, 2.75) is 11.4 Å². The maximum atomic E-state index is 12.5. The third kappa shape index (κ3) is 2.50. The first kappa shape index (κ1) is 13.6. The van der Waals surface area contributed by atoms with E-state index in [1.54, 1.807) is 49.7 Å². The van der Waals surface area contributed by atoms with E-state index in [1.807, 2.05) is 12.1 Å². The highest BCUT2D eigenvalue weighted by Crippen LogP contribution is 2.25. The van der Waals surface area contributed by atoms with Gasteiger partial charge in [-0.2, -0.15) is 17.9 Å². The first-order valence-electron chi connectivity index (χ1n) is 6.40. The normalized spacial score (nSPS) is 15.6. The van der Waals surface area contributed by atoms with Crippen LogP contribution in [0.1, 0.15) is 11.1 Å². The van der Waals surface area contributed by atoms with Crippen LogP contribution in [-0.2, 0) is 16.6 Å². The highest BCUT2D eigenvalue weighted by molar-refractivity contribution is 7.89. The Kier molecular flexibility index (Phi) is 3.39. The molecule has 1 aliphatic rings. The Labute approximate surface area is 123 Å². The van der Waals surface area contributed by atoms with E-state index in [0.29, 0.717) is 5.56 Å². The van der Waals surface area contributed by atoms with Crippen LogP contribution in [0.2, 0.25) is 0 Å². The number of fused-ring (bicyclic) bond motifs is 1. The van der Waals surface area contributed by atoms with Gasteiger partial charge >= 0.3 is 0 Å². The molecule has 6 heteroatoms. The first-order chi connectivity index (χ1) is 10.1. The number of hydrogen-bond donors (Lipinski definition) is 0. The molecular weight excluding hydrogens is 288 g/mol. The number of methoxy groups -OCH3 is 1. The molecule has 1 aliphatic heterocycles. The van der Waals surface area contributed by atoms with Crippen molar-refractivity contribution in [2.75, 3.05) is 7.11 Å². The standard InChI is InChI=1S/C15H14N2O3S/c1-20-14-8-6-12(7-9-14)11-17-16-10-13-4-2-3-5-15(13)21(17,18)19/h2-10H,11H2,1H3. The van der Waals surface area contributed by atoms with Gasteiger partial charge in [-0.1, -0.05) is 30.3 Å². The van der Waals surface area contributed by atoms with Crippen molar-refractivity contribution < 1.29 is 13.2 Å². The van der Waals surface area contributed by atoms with Crippen LogP contribution in [0.25, 0.3) is 0 Å². The maximum absolute atomic E-state index is 12.5. The van der Waals surface area contributed by atoms with Crippen molar-refractivity contribution in [1.29, 1.82) is 0 Å². The highest BCUT2D eigenvalue weighted by Gasteiger charge is 2.28. The predicted molar refractivity (Wildman–Crippen MR) is 79.8 cm³/mol. The summed E-state index contributed by atoms with van der Waals surface area (Å²) in [5.74, 6) is 0.731. The Balaban J connectivity index is 1.90. The van der Waals surface area contributed by atoms with E-state index in [2.05, 4.69) is 5.10 Å². The van der Waals surface area contributed by atoms with Gasteiger partial charge < -0.3 is 4.74 Å². The molecule has 0 atom stereocenters. The van der Waals surface area contributed by atoms with Crippen molar-refractivity contribution in [3.05, 3.63) is 59.7 Å². The number of ether oxygens (including phenoxy) is 1. The lowest BCUT2D eigenvalue weighted by molar-refractivity contribution is 0.412. The summed E-state index contributed by atoms with van der Waals surface area (Å²) in [5, 5.41) is 4.05. The molecule has 0 radical (unpaired) electrons. The smallest absolute Gasteiger partial charge is 0.279 e. The van der Waals surface area contributed by atoms with E-state index in [0.717, 1.165) is 15.7 Å². The molecule has 0 aliphatic carbocycles. The Morgan fingerprint density at radius 3 is 2.52 bits per heavy atom. The van der Waals surface area contributed by atoms with Crippen LogP contribution < -0.4 is 4.74 Å². The van der Waals surface area contributed by atoms with E-state index in [-0.39, 0.29) is 11.4 Å². The lowest BCUT2D eigenvalue weighted by atomic mass is 10.2. The molecule has 0 saturated heterocycles.